The molecule has 25 heavy (non-hydrogen) atoms. The fourth-order valence-corrected chi connectivity index (χ4v) is 2.90. The summed E-state index contributed by atoms with van der Waals surface area (Å²) in [4.78, 5) is 12.5. The molecule has 0 saturated carbocycles. The highest BCUT2D eigenvalue weighted by Crippen LogP contribution is 2.25. The van der Waals surface area contributed by atoms with Crippen LogP contribution in [0.5, 0.6) is 0 Å². The third-order valence-electron chi connectivity index (χ3n) is 4.26. The Hall–Kier alpha value is -2.66. The van der Waals surface area contributed by atoms with Crippen LogP contribution in [0.2, 0.25) is 0 Å². The lowest BCUT2D eigenvalue weighted by Gasteiger charge is -2.18. The predicted molar refractivity (Wildman–Crippen MR) is 93.9 cm³/mol. The van der Waals surface area contributed by atoms with Gasteiger partial charge in [-0.1, -0.05) is 30.3 Å². The first-order chi connectivity index (χ1) is 12.0. The maximum Gasteiger partial charge on any atom is 0.287 e. The van der Waals surface area contributed by atoms with Crippen molar-refractivity contribution in [3.63, 3.8) is 0 Å². The lowest BCUT2D eigenvalue weighted by atomic mass is 10.0. The molecule has 2 N–H and O–H groups in total. The lowest BCUT2D eigenvalue weighted by molar-refractivity contribution is 0.0890. The summed E-state index contributed by atoms with van der Waals surface area (Å²) in [6.07, 6.45) is -0.468. The summed E-state index contributed by atoms with van der Waals surface area (Å²) in [5.74, 6) is -0.380. The zero-order valence-corrected chi connectivity index (χ0v) is 14.1. The summed E-state index contributed by atoms with van der Waals surface area (Å²) in [6.45, 7) is 3.65. The Bertz CT molecular complexity index is 886. The molecule has 0 spiro atoms. The number of benzene rings is 2. The Labute approximate surface area is 145 Å². The van der Waals surface area contributed by atoms with Gasteiger partial charge in [-0.2, -0.15) is 0 Å². The van der Waals surface area contributed by atoms with Crippen molar-refractivity contribution in [3.8, 4) is 0 Å². The topological polar surface area (TPSA) is 62.5 Å². The molecule has 0 bridgehead atoms. The molecule has 0 fully saturated rings. The van der Waals surface area contributed by atoms with Crippen molar-refractivity contribution >= 4 is 16.9 Å². The van der Waals surface area contributed by atoms with E-state index in [0.717, 1.165) is 10.9 Å². The summed E-state index contributed by atoms with van der Waals surface area (Å²) in [5, 5.41) is 14.0. The van der Waals surface area contributed by atoms with E-state index in [0.29, 0.717) is 17.6 Å². The largest absolute Gasteiger partial charge is 0.451 e. The SMILES string of the molecule is Cc1c(C(=O)NC(C)CC(O)c2ccc(F)cc2)oc2ccccc12. The Morgan fingerprint density at radius 2 is 1.88 bits per heavy atom. The molecular weight excluding hydrogens is 321 g/mol. The standard InChI is InChI=1S/C20H20FNO3/c1-12(11-17(23)14-7-9-15(21)10-8-14)22-20(24)19-13(2)16-5-3-4-6-18(16)25-19/h3-10,12,17,23H,11H2,1-2H3,(H,22,24). The Morgan fingerprint density at radius 3 is 2.56 bits per heavy atom. The average Bonchev–Trinajstić information content (AvgIpc) is 2.92. The van der Waals surface area contributed by atoms with E-state index in [1.807, 2.05) is 38.1 Å². The Morgan fingerprint density at radius 1 is 1.20 bits per heavy atom. The highest BCUT2D eigenvalue weighted by Gasteiger charge is 2.20. The molecule has 0 aliphatic carbocycles. The first-order valence-corrected chi connectivity index (χ1v) is 8.18. The van der Waals surface area contributed by atoms with Crippen LogP contribution in [0.4, 0.5) is 4.39 Å². The zero-order valence-electron chi connectivity index (χ0n) is 14.1. The molecule has 2 unspecified atom stereocenters. The van der Waals surface area contributed by atoms with Gasteiger partial charge in [0, 0.05) is 17.0 Å². The molecule has 5 heteroatoms. The Balaban J connectivity index is 1.67. The van der Waals surface area contributed by atoms with E-state index in [-0.39, 0.29) is 23.5 Å². The van der Waals surface area contributed by atoms with Crippen LogP contribution in [0.25, 0.3) is 11.0 Å². The van der Waals surface area contributed by atoms with Gasteiger partial charge in [-0.25, -0.2) is 4.39 Å². The number of aliphatic hydroxyl groups is 1. The maximum atomic E-state index is 12.9. The van der Waals surface area contributed by atoms with Gasteiger partial charge in [0.25, 0.3) is 5.91 Å². The van der Waals surface area contributed by atoms with Gasteiger partial charge < -0.3 is 14.8 Å². The van der Waals surface area contributed by atoms with Crippen LogP contribution in [0.15, 0.2) is 52.9 Å². The second kappa shape index (κ2) is 7.07. The number of fused-ring (bicyclic) bond motifs is 1. The monoisotopic (exact) mass is 341 g/mol. The number of hydrogen-bond donors (Lipinski definition) is 2. The van der Waals surface area contributed by atoms with Crippen LogP contribution in [0.1, 0.15) is 41.1 Å². The summed E-state index contributed by atoms with van der Waals surface area (Å²) in [5.41, 5.74) is 2.07. The molecule has 3 rings (SSSR count). The van der Waals surface area contributed by atoms with Crippen molar-refractivity contribution in [2.24, 2.45) is 0 Å². The summed E-state index contributed by atoms with van der Waals surface area (Å²) in [7, 11) is 0. The zero-order chi connectivity index (χ0) is 18.0. The molecule has 0 aliphatic rings. The molecule has 0 saturated heterocycles. The maximum absolute atomic E-state index is 12.9. The smallest absolute Gasteiger partial charge is 0.287 e. The van der Waals surface area contributed by atoms with E-state index in [4.69, 9.17) is 4.42 Å². The quantitative estimate of drug-likeness (QED) is 0.734. The number of para-hydroxylation sites is 1. The number of carbonyl (C=O) groups excluding carboxylic acids is 1. The van der Waals surface area contributed by atoms with Gasteiger partial charge in [-0.15, -0.1) is 0 Å². The molecule has 130 valence electrons. The summed E-state index contributed by atoms with van der Waals surface area (Å²) in [6, 6.07) is 12.9. The molecule has 1 heterocycles. The lowest BCUT2D eigenvalue weighted by Crippen LogP contribution is -2.33. The number of furan rings is 1. The van der Waals surface area contributed by atoms with E-state index in [2.05, 4.69) is 5.32 Å². The van der Waals surface area contributed by atoms with Gasteiger partial charge in [0.15, 0.2) is 5.76 Å². The summed E-state index contributed by atoms with van der Waals surface area (Å²) < 4.78 is 18.6. The second-order valence-electron chi connectivity index (χ2n) is 6.23. The van der Waals surface area contributed by atoms with E-state index in [1.54, 1.807) is 0 Å². The van der Waals surface area contributed by atoms with Crippen LogP contribution in [-0.4, -0.2) is 17.1 Å². The van der Waals surface area contributed by atoms with Crippen LogP contribution in [0.3, 0.4) is 0 Å². The fourth-order valence-electron chi connectivity index (χ4n) is 2.90. The van der Waals surface area contributed by atoms with Crippen LogP contribution in [0, 0.1) is 12.7 Å². The van der Waals surface area contributed by atoms with Crippen LogP contribution < -0.4 is 5.32 Å². The van der Waals surface area contributed by atoms with E-state index in [1.165, 1.54) is 24.3 Å². The molecular formula is C20H20FNO3. The van der Waals surface area contributed by atoms with Crippen molar-refractivity contribution in [3.05, 3.63) is 71.2 Å². The van der Waals surface area contributed by atoms with Crippen LogP contribution in [-0.2, 0) is 0 Å². The highest BCUT2D eigenvalue weighted by molar-refractivity contribution is 5.98. The minimum atomic E-state index is -0.785. The highest BCUT2D eigenvalue weighted by atomic mass is 19.1. The number of carbonyl (C=O) groups is 1. The minimum Gasteiger partial charge on any atom is -0.451 e. The fraction of sp³-hybridized carbons (Fsp3) is 0.250. The van der Waals surface area contributed by atoms with E-state index >= 15 is 0 Å². The third kappa shape index (κ3) is 3.72. The van der Waals surface area contributed by atoms with E-state index < -0.39 is 6.10 Å². The number of nitrogens with one attached hydrogen (secondary N) is 1. The second-order valence-corrected chi connectivity index (χ2v) is 6.23. The molecule has 0 radical (unpaired) electrons. The first kappa shape index (κ1) is 17.2. The number of amides is 1. The minimum absolute atomic E-state index is 0.278. The Kier molecular flexibility index (Phi) is 4.86. The van der Waals surface area contributed by atoms with Crippen molar-refractivity contribution in [2.45, 2.75) is 32.4 Å². The van der Waals surface area contributed by atoms with Gasteiger partial charge in [-0.3, -0.25) is 4.79 Å². The van der Waals surface area contributed by atoms with Crippen molar-refractivity contribution in [2.75, 3.05) is 0 Å². The third-order valence-corrected chi connectivity index (χ3v) is 4.26. The molecule has 1 amide bonds. The number of hydrogen-bond acceptors (Lipinski definition) is 3. The number of aryl methyl sites for hydroxylation is 1. The van der Waals surface area contributed by atoms with Gasteiger partial charge in [0.1, 0.15) is 11.4 Å². The predicted octanol–water partition coefficient (Wildman–Crippen LogP) is 4.12. The average molecular weight is 341 g/mol. The normalized spacial score (nSPS) is 13.6. The molecule has 3 aromatic rings. The van der Waals surface area contributed by atoms with Crippen LogP contribution >= 0.6 is 0 Å². The number of halogens is 1. The number of aliphatic hydroxyl groups excluding tert-OH is 1. The molecule has 2 atom stereocenters. The summed E-state index contributed by atoms with van der Waals surface area (Å²) >= 11 is 0. The number of rotatable bonds is 5. The van der Waals surface area contributed by atoms with Crippen molar-refractivity contribution < 1.29 is 18.7 Å². The van der Waals surface area contributed by atoms with Gasteiger partial charge in [0.2, 0.25) is 0 Å². The van der Waals surface area contributed by atoms with Gasteiger partial charge in [0.05, 0.1) is 6.10 Å². The molecule has 4 nitrogen and oxygen atoms in total. The molecule has 1 aromatic heterocycles. The van der Waals surface area contributed by atoms with Gasteiger partial charge in [-0.05, 0) is 44.0 Å². The van der Waals surface area contributed by atoms with Gasteiger partial charge >= 0.3 is 0 Å². The van der Waals surface area contributed by atoms with Crippen molar-refractivity contribution in [1.82, 2.24) is 5.32 Å². The van der Waals surface area contributed by atoms with Crippen molar-refractivity contribution in [1.29, 1.82) is 0 Å². The first-order valence-electron chi connectivity index (χ1n) is 8.18. The van der Waals surface area contributed by atoms with E-state index in [9.17, 15) is 14.3 Å². The molecule has 0 aliphatic heterocycles. The molecule has 2 aromatic carbocycles.